The Bertz CT molecular complexity index is 370. The Morgan fingerprint density at radius 1 is 1.22 bits per heavy atom. The number of benzene rings is 1. The first kappa shape index (κ1) is 15.0. The summed E-state index contributed by atoms with van der Waals surface area (Å²) in [4.78, 5) is 13.2. The van der Waals surface area contributed by atoms with E-state index < -0.39 is 0 Å². The van der Waals surface area contributed by atoms with Gasteiger partial charge in [0, 0.05) is 10.8 Å². The first-order chi connectivity index (χ1) is 8.77. The van der Waals surface area contributed by atoms with Gasteiger partial charge in [-0.3, -0.25) is 4.79 Å². The second-order valence-corrected chi connectivity index (χ2v) is 5.42. The van der Waals surface area contributed by atoms with Crippen LogP contribution in [0.1, 0.15) is 39.5 Å². The average molecular weight is 262 g/mol. The van der Waals surface area contributed by atoms with E-state index in [1.807, 2.05) is 30.3 Å². The Morgan fingerprint density at radius 3 is 2.56 bits per heavy atom. The molecular weight excluding hydrogens is 240 g/mol. The molecule has 1 nitrogen and oxygen atoms in total. The number of thioether (sulfide) groups is 1. The van der Waals surface area contributed by atoms with E-state index in [-0.39, 0.29) is 11.0 Å². The molecule has 1 rings (SSSR count). The Kier molecular flexibility index (Phi) is 7.51. The number of hydrogen-bond donors (Lipinski definition) is 0. The molecule has 0 aromatic heterocycles. The van der Waals surface area contributed by atoms with E-state index in [4.69, 9.17) is 0 Å². The summed E-state index contributed by atoms with van der Waals surface area (Å²) in [5.41, 5.74) is 0. The van der Waals surface area contributed by atoms with Crippen molar-refractivity contribution in [1.29, 1.82) is 0 Å². The molecule has 1 atom stereocenters. The van der Waals surface area contributed by atoms with Crippen LogP contribution in [0.5, 0.6) is 0 Å². The monoisotopic (exact) mass is 262 g/mol. The van der Waals surface area contributed by atoms with Gasteiger partial charge < -0.3 is 0 Å². The van der Waals surface area contributed by atoms with Crippen molar-refractivity contribution in [2.75, 3.05) is 0 Å². The van der Waals surface area contributed by atoms with Crippen LogP contribution in [-0.4, -0.2) is 5.12 Å². The smallest absolute Gasteiger partial charge is 0.200 e. The lowest BCUT2D eigenvalue weighted by Crippen LogP contribution is -2.07. The standard InChI is InChI=1S/C16H22OS/c1-3-5-7-11-14(10-4-2)16(17)18-15-12-8-6-9-13-15/h6-9,11-14H,3-5,10H2,1-2H3/b11-7+. The third-order valence-electron chi connectivity index (χ3n) is 2.69. The number of allylic oxidation sites excluding steroid dienone is 2. The average Bonchev–Trinajstić information content (AvgIpc) is 2.39. The maximum absolute atomic E-state index is 12.2. The summed E-state index contributed by atoms with van der Waals surface area (Å²) >= 11 is 1.36. The fourth-order valence-electron chi connectivity index (χ4n) is 1.71. The lowest BCUT2D eigenvalue weighted by molar-refractivity contribution is -0.113. The van der Waals surface area contributed by atoms with Gasteiger partial charge >= 0.3 is 0 Å². The molecule has 0 bridgehead atoms. The van der Waals surface area contributed by atoms with E-state index in [1.165, 1.54) is 11.8 Å². The minimum absolute atomic E-state index is 0.0618. The number of carbonyl (C=O) groups excluding carboxylic acids is 1. The first-order valence-corrected chi connectivity index (χ1v) is 7.53. The van der Waals surface area contributed by atoms with Gasteiger partial charge in [0.15, 0.2) is 0 Å². The van der Waals surface area contributed by atoms with Gasteiger partial charge in [-0.15, -0.1) is 0 Å². The molecule has 2 heteroatoms. The van der Waals surface area contributed by atoms with Crippen LogP contribution in [0.25, 0.3) is 0 Å². The van der Waals surface area contributed by atoms with Gasteiger partial charge in [0.05, 0.1) is 0 Å². The third kappa shape index (κ3) is 5.54. The van der Waals surface area contributed by atoms with E-state index in [2.05, 4.69) is 26.0 Å². The number of rotatable bonds is 7. The molecule has 0 aliphatic carbocycles. The Morgan fingerprint density at radius 2 is 1.94 bits per heavy atom. The fraction of sp³-hybridized carbons (Fsp3) is 0.438. The second kappa shape index (κ2) is 8.98. The van der Waals surface area contributed by atoms with Crippen molar-refractivity contribution in [3.05, 3.63) is 42.5 Å². The zero-order valence-corrected chi connectivity index (χ0v) is 12.1. The lowest BCUT2D eigenvalue weighted by atomic mass is 10.0. The predicted octanol–water partition coefficient (Wildman–Crippen LogP) is 5.08. The van der Waals surface area contributed by atoms with Gasteiger partial charge in [-0.05, 0) is 25.0 Å². The molecule has 98 valence electrons. The molecule has 0 amide bonds. The first-order valence-electron chi connectivity index (χ1n) is 6.71. The van der Waals surface area contributed by atoms with E-state index in [1.54, 1.807) is 0 Å². The maximum Gasteiger partial charge on any atom is 0.200 e. The summed E-state index contributed by atoms with van der Waals surface area (Å²) in [6, 6.07) is 9.89. The molecule has 0 radical (unpaired) electrons. The molecule has 0 aliphatic heterocycles. The van der Waals surface area contributed by atoms with Crippen molar-refractivity contribution >= 4 is 16.9 Å². The van der Waals surface area contributed by atoms with E-state index in [0.29, 0.717) is 0 Å². The van der Waals surface area contributed by atoms with Gasteiger partial charge in [-0.25, -0.2) is 0 Å². The van der Waals surface area contributed by atoms with Crippen LogP contribution in [-0.2, 0) is 4.79 Å². The highest BCUT2D eigenvalue weighted by atomic mass is 32.2. The highest BCUT2D eigenvalue weighted by Crippen LogP contribution is 2.25. The molecule has 0 spiro atoms. The number of hydrogen-bond acceptors (Lipinski definition) is 2. The van der Waals surface area contributed by atoms with Gasteiger partial charge in [0.2, 0.25) is 5.12 Å². The van der Waals surface area contributed by atoms with Gasteiger partial charge in [0.25, 0.3) is 0 Å². The Labute approximate surface area is 115 Å². The van der Waals surface area contributed by atoms with E-state index in [9.17, 15) is 4.79 Å². The van der Waals surface area contributed by atoms with E-state index in [0.717, 1.165) is 30.6 Å². The lowest BCUT2D eigenvalue weighted by Gasteiger charge is -2.09. The van der Waals surface area contributed by atoms with Crippen LogP contribution in [0.3, 0.4) is 0 Å². The Balaban J connectivity index is 2.59. The SMILES string of the molecule is CCC/C=C/C(CCC)C(=O)Sc1ccccc1. The quantitative estimate of drug-likeness (QED) is 0.503. The van der Waals surface area contributed by atoms with Crippen molar-refractivity contribution < 1.29 is 4.79 Å². The minimum Gasteiger partial charge on any atom is -0.286 e. The summed E-state index contributed by atoms with van der Waals surface area (Å²) in [6.45, 7) is 4.28. The second-order valence-electron chi connectivity index (χ2n) is 4.35. The number of unbranched alkanes of at least 4 members (excludes halogenated alkanes) is 1. The summed E-state index contributed by atoms with van der Waals surface area (Å²) in [6.07, 6.45) is 8.41. The summed E-state index contributed by atoms with van der Waals surface area (Å²) < 4.78 is 0. The Hall–Kier alpha value is -1.02. The molecule has 0 saturated carbocycles. The van der Waals surface area contributed by atoms with Crippen LogP contribution >= 0.6 is 11.8 Å². The highest BCUT2D eigenvalue weighted by molar-refractivity contribution is 8.13. The minimum atomic E-state index is 0.0618. The van der Waals surface area contributed by atoms with Crippen molar-refractivity contribution in [3.63, 3.8) is 0 Å². The van der Waals surface area contributed by atoms with Crippen molar-refractivity contribution in [2.24, 2.45) is 5.92 Å². The summed E-state index contributed by atoms with van der Waals surface area (Å²) in [7, 11) is 0. The molecule has 1 aromatic rings. The molecule has 18 heavy (non-hydrogen) atoms. The number of carbonyl (C=O) groups is 1. The maximum atomic E-state index is 12.2. The van der Waals surface area contributed by atoms with Gasteiger partial charge in [0.1, 0.15) is 0 Å². The molecule has 0 heterocycles. The van der Waals surface area contributed by atoms with Crippen LogP contribution in [0.2, 0.25) is 0 Å². The normalized spacial score (nSPS) is 12.8. The molecular formula is C16H22OS. The molecule has 1 unspecified atom stereocenters. The van der Waals surface area contributed by atoms with Gasteiger partial charge in [-0.1, -0.05) is 68.8 Å². The third-order valence-corrected chi connectivity index (χ3v) is 3.70. The summed E-state index contributed by atoms with van der Waals surface area (Å²) in [5.74, 6) is 0.0618. The topological polar surface area (TPSA) is 17.1 Å². The fourth-order valence-corrected chi connectivity index (χ4v) is 2.58. The largest absolute Gasteiger partial charge is 0.286 e. The van der Waals surface area contributed by atoms with Crippen molar-refractivity contribution in [3.8, 4) is 0 Å². The molecule has 1 aromatic carbocycles. The van der Waals surface area contributed by atoms with Crippen molar-refractivity contribution in [2.45, 2.75) is 44.4 Å². The summed E-state index contributed by atoms with van der Waals surface area (Å²) in [5, 5.41) is 0.260. The highest BCUT2D eigenvalue weighted by Gasteiger charge is 2.15. The predicted molar refractivity (Wildman–Crippen MR) is 79.8 cm³/mol. The van der Waals surface area contributed by atoms with E-state index >= 15 is 0 Å². The van der Waals surface area contributed by atoms with Crippen LogP contribution in [0.15, 0.2) is 47.4 Å². The molecule has 0 N–H and O–H groups in total. The van der Waals surface area contributed by atoms with Gasteiger partial charge in [-0.2, -0.15) is 0 Å². The zero-order valence-electron chi connectivity index (χ0n) is 11.3. The zero-order chi connectivity index (χ0) is 13.2. The van der Waals surface area contributed by atoms with Crippen LogP contribution in [0, 0.1) is 5.92 Å². The van der Waals surface area contributed by atoms with Crippen LogP contribution in [0.4, 0.5) is 0 Å². The van der Waals surface area contributed by atoms with Crippen LogP contribution < -0.4 is 0 Å². The molecule has 0 saturated heterocycles. The van der Waals surface area contributed by atoms with Crippen molar-refractivity contribution in [1.82, 2.24) is 0 Å². The molecule has 0 aliphatic rings. The molecule has 0 fully saturated rings.